The molecule has 0 bridgehead atoms. The fourth-order valence-corrected chi connectivity index (χ4v) is 1.21. The van der Waals surface area contributed by atoms with E-state index in [4.69, 9.17) is 5.73 Å². The van der Waals surface area contributed by atoms with Crippen LogP contribution in [0.4, 0.5) is 0 Å². The SMILES string of the molecule is NC(=O)c1nccnc1-c1ccccn1. The third-order valence-electron chi connectivity index (χ3n) is 1.84. The second kappa shape index (κ2) is 3.83. The minimum absolute atomic E-state index is 0.135. The molecule has 0 saturated carbocycles. The van der Waals surface area contributed by atoms with Gasteiger partial charge in [-0.3, -0.25) is 14.8 Å². The highest BCUT2D eigenvalue weighted by Gasteiger charge is 2.12. The van der Waals surface area contributed by atoms with E-state index in [0.717, 1.165) is 0 Å². The maximum atomic E-state index is 11.1. The van der Waals surface area contributed by atoms with Gasteiger partial charge in [-0.25, -0.2) is 4.98 Å². The Morgan fingerprint density at radius 2 is 1.87 bits per heavy atom. The van der Waals surface area contributed by atoms with E-state index in [1.807, 2.05) is 6.07 Å². The van der Waals surface area contributed by atoms with Gasteiger partial charge in [-0.15, -0.1) is 0 Å². The molecular weight excluding hydrogens is 192 g/mol. The monoisotopic (exact) mass is 200 g/mol. The molecule has 1 amide bonds. The minimum atomic E-state index is -0.608. The highest BCUT2D eigenvalue weighted by Crippen LogP contribution is 2.15. The standard InChI is InChI=1S/C10H8N4O/c11-10(15)9-8(13-5-6-14-9)7-3-1-2-4-12-7/h1-6H,(H2,11,15). The molecule has 0 aromatic carbocycles. The number of primary amides is 1. The van der Waals surface area contributed by atoms with E-state index in [1.54, 1.807) is 18.3 Å². The quantitative estimate of drug-likeness (QED) is 0.771. The average Bonchev–Trinajstić information content (AvgIpc) is 2.30. The van der Waals surface area contributed by atoms with Crippen LogP contribution in [0.3, 0.4) is 0 Å². The third kappa shape index (κ3) is 1.80. The van der Waals surface area contributed by atoms with Crippen molar-refractivity contribution in [2.24, 2.45) is 5.73 Å². The highest BCUT2D eigenvalue weighted by atomic mass is 16.1. The lowest BCUT2D eigenvalue weighted by Crippen LogP contribution is -2.15. The maximum absolute atomic E-state index is 11.1. The Labute approximate surface area is 86.0 Å². The van der Waals surface area contributed by atoms with Crippen molar-refractivity contribution >= 4 is 5.91 Å². The number of hydrogen-bond acceptors (Lipinski definition) is 4. The van der Waals surface area contributed by atoms with Gasteiger partial charge in [-0.1, -0.05) is 6.07 Å². The van der Waals surface area contributed by atoms with Crippen LogP contribution in [0.2, 0.25) is 0 Å². The molecule has 0 unspecified atom stereocenters. The van der Waals surface area contributed by atoms with Gasteiger partial charge in [0.15, 0.2) is 5.69 Å². The summed E-state index contributed by atoms with van der Waals surface area (Å²) in [6, 6.07) is 5.34. The normalized spacial score (nSPS) is 9.87. The summed E-state index contributed by atoms with van der Waals surface area (Å²) in [5, 5.41) is 0. The molecule has 2 N–H and O–H groups in total. The Balaban J connectivity index is 2.58. The Hall–Kier alpha value is -2.30. The Morgan fingerprint density at radius 3 is 2.53 bits per heavy atom. The summed E-state index contributed by atoms with van der Waals surface area (Å²) >= 11 is 0. The lowest BCUT2D eigenvalue weighted by atomic mass is 10.2. The number of rotatable bonds is 2. The smallest absolute Gasteiger partial charge is 0.269 e. The molecular formula is C10H8N4O. The van der Waals surface area contributed by atoms with E-state index < -0.39 is 5.91 Å². The highest BCUT2D eigenvalue weighted by molar-refractivity contribution is 5.96. The van der Waals surface area contributed by atoms with Crippen molar-refractivity contribution in [3.8, 4) is 11.4 Å². The summed E-state index contributed by atoms with van der Waals surface area (Å²) in [5.74, 6) is -0.608. The largest absolute Gasteiger partial charge is 0.364 e. The minimum Gasteiger partial charge on any atom is -0.364 e. The molecule has 0 spiro atoms. The summed E-state index contributed by atoms with van der Waals surface area (Å²) in [6.07, 6.45) is 4.54. The topological polar surface area (TPSA) is 81.8 Å². The van der Waals surface area contributed by atoms with E-state index in [0.29, 0.717) is 11.4 Å². The van der Waals surface area contributed by atoms with Crippen LogP contribution in [0.5, 0.6) is 0 Å². The van der Waals surface area contributed by atoms with Gasteiger partial charge in [0.1, 0.15) is 5.69 Å². The molecule has 0 radical (unpaired) electrons. The first-order valence-electron chi connectivity index (χ1n) is 4.31. The zero-order chi connectivity index (χ0) is 10.7. The van der Waals surface area contributed by atoms with Crippen LogP contribution in [0.25, 0.3) is 11.4 Å². The molecule has 0 saturated heterocycles. The molecule has 2 aromatic heterocycles. The fourth-order valence-electron chi connectivity index (χ4n) is 1.21. The van der Waals surface area contributed by atoms with E-state index in [-0.39, 0.29) is 5.69 Å². The zero-order valence-corrected chi connectivity index (χ0v) is 7.79. The molecule has 2 aromatic rings. The van der Waals surface area contributed by atoms with Crippen molar-refractivity contribution in [3.05, 3.63) is 42.5 Å². The Kier molecular flexibility index (Phi) is 2.37. The van der Waals surface area contributed by atoms with Crippen LogP contribution in [0.15, 0.2) is 36.8 Å². The van der Waals surface area contributed by atoms with Gasteiger partial charge in [0.05, 0.1) is 5.69 Å². The first kappa shape index (κ1) is 9.26. The maximum Gasteiger partial charge on any atom is 0.269 e. The van der Waals surface area contributed by atoms with E-state index in [1.165, 1.54) is 12.4 Å². The third-order valence-corrected chi connectivity index (χ3v) is 1.84. The molecule has 74 valence electrons. The molecule has 5 heteroatoms. The molecule has 2 heterocycles. The molecule has 0 aliphatic rings. The number of nitrogens with zero attached hydrogens (tertiary/aromatic N) is 3. The number of nitrogens with two attached hydrogens (primary N) is 1. The van der Waals surface area contributed by atoms with Crippen molar-refractivity contribution in [1.29, 1.82) is 0 Å². The predicted octanol–water partition coefficient (Wildman–Crippen LogP) is 0.637. The van der Waals surface area contributed by atoms with Crippen molar-refractivity contribution < 1.29 is 4.79 Å². The first-order valence-corrected chi connectivity index (χ1v) is 4.31. The molecule has 2 rings (SSSR count). The number of carbonyl (C=O) groups is 1. The van der Waals surface area contributed by atoms with Crippen LogP contribution in [0.1, 0.15) is 10.5 Å². The van der Waals surface area contributed by atoms with E-state index >= 15 is 0 Å². The second-order valence-electron chi connectivity index (χ2n) is 2.83. The lowest BCUT2D eigenvalue weighted by Gasteiger charge is -2.02. The van der Waals surface area contributed by atoms with Crippen LogP contribution in [-0.4, -0.2) is 20.9 Å². The predicted molar refractivity (Wildman–Crippen MR) is 53.8 cm³/mol. The van der Waals surface area contributed by atoms with Crippen molar-refractivity contribution in [2.75, 3.05) is 0 Å². The summed E-state index contributed by atoms with van der Waals surface area (Å²) in [7, 11) is 0. The van der Waals surface area contributed by atoms with Crippen LogP contribution in [-0.2, 0) is 0 Å². The van der Waals surface area contributed by atoms with Crippen LogP contribution < -0.4 is 5.73 Å². The van der Waals surface area contributed by atoms with Gasteiger partial charge in [0.2, 0.25) is 0 Å². The molecule has 0 aliphatic carbocycles. The van der Waals surface area contributed by atoms with E-state index in [9.17, 15) is 4.79 Å². The lowest BCUT2D eigenvalue weighted by molar-refractivity contribution is 0.0996. The van der Waals surface area contributed by atoms with Gasteiger partial charge in [0.25, 0.3) is 5.91 Å². The zero-order valence-electron chi connectivity index (χ0n) is 7.79. The summed E-state index contributed by atoms with van der Waals surface area (Å²) < 4.78 is 0. The molecule has 15 heavy (non-hydrogen) atoms. The summed E-state index contributed by atoms with van der Waals surface area (Å²) in [4.78, 5) is 23.1. The Bertz CT molecular complexity index is 484. The van der Waals surface area contributed by atoms with Gasteiger partial charge in [-0.05, 0) is 12.1 Å². The second-order valence-corrected chi connectivity index (χ2v) is 2.83. The molecule has 0 fully saturated rings. The van der Waals surface area contributed by atoms with Crippen molar-refractivity contribution in [3.63, 3.8) is 0 Å². The number of aromatic nitrogens is 3. The van der Waals surface area contributed by atoms with Gasteiger partial charge in [-0.2, -0.15) is 0 Å². The van der Waals surface area contributed by atoms with Crippen molar-refractivity contribution in [1.82, 2.24) is 15.0 Å². The summed E-state index contributed by atoms with van der Waals surface area (Å²) in [5.41, 5.74) is 6.31. The molecule has 0 atom stereocenters. The fraction of sp³-hybridized carbons (Fsp3) is 0. The molecule has 0 aliphatic heterocycles. The van der Waals surface area contributed by atoms with E-state index in [2.05, 4.69) is 15.0 Å². The average molecular weight is 200 g/mol. The first-order chi connectivity index (χ1) is 7.29. The van der Waals surface area contributed by atoms with Crippen LogP contribution >= 0.6 is 0 Å². The number of carbonyl (C=O) groups excluding carboxylic acids is 1. The van der Waals surface area contributed by atoms with Gasteiger partial charge >= 0.3 is 0 Å². The number of amides is 1. The van der Waals surface area contributed by atoms with Gasteiger partial charge < -0.3 is 5.73 Å². The Morgan fingerprint density at radius 1 is 1.07 bits per heavy atom. The van der Waals surface area contributed by atoms with Crippen LogP contribution in [0, 0.1) is 0 Å². The molecule has 5 nitrogen and oxygen atoms in total. The summed E-state index contributed by atoms with van der Waals surface area (Å²) in [6.45, 7) is 0. The van der Waals surface area contributed by atoms with Crippen molar-refractivity contribution in [2.45, 2.75) is 0 Å². The number of pyridine rings is 1. The number of hydrogen-bond donors (Lipinski definition) is 1. The van der Waals surface area contributed by atoms with Gasteiger partial charge in [0, 0.05) is 18.6 Å².